The number of carbonyl (C=O) groups excluding carboxylic acids is 1. The van der Waals surface area contributed by atoms with Crippen molar-refractivity contribution in [3.8, 4) is 17.1 Å². The van der Waals surface area contributed by atoms with E-state index in [4.69, 9.17) is 4.74 Å². The highest BCUT2D eigenvalue weighted by atomic mass is 19.1. The molecule has 4 nitrogen and oxygen atoms in total. The minimum atomic E-state index is -0.384. The van der Waals surface area contributed by atoms with Crippen molar-refractivity contribution in [1.29, 1.82) is 0 Å². The first-order valence-electron chi connectivity index (χ1n) is 8.01. The Hall–Kier alpha value is -2.17. The number of fused-ring (bicyclic) bond motifs is 1. The molecule has 0 amide bonds. The highest BCUT2D eigenvalue weighted by Crippen LogP contribution is 2.37. The molecule has 23 heavy (non-hydrogen) atoms. The van der Waals surface area contributed by atoms with E-state index in [2.05, 4.69) is 5.10 Å². The Morgan fingerprint density at radius 3 is 2.83 bits per heavy atom. The van der Waals surface area contributed by atoms with E-state index >= 15 is 0 Å². The van der Waals surface area contributed by atoms with Gasteiger partial charge < -0.3 is 4.74 Å². The molecule has 0 unspecified atom stereocenters. The standard InChI is InChI=1S/C18H21FN2O2/c1-4-14(22)15-16(12-8-5-6-9-13(12)19)20-21-11-7-10-18(2,3)23-17(15)21/h5-6,8-9H,4,7,10-11H2,1-3H3. The lowest BCUT2D eigenvalue weighted by molar-refractivity contribution is 0.0905. The number of carbonyl (C=O) groups is 1. The fourth-order valence-corrected chi connectivity index (χ4v) is 2.94. The van der Waals surface area contributed by atoms with Crippen molar-refractivity contribution < 1.29 is 13.9 Å². The Balaban J connectivity index is 2.22. The topological polar surface area (TPSA) is 44.1 Å². The van der Waals surface area contributed by atoms with Gasteiger partial charge in [-0.05, 0) is 38.8 Å². The lowest BCUT2D eigenvalue weighted by atomic mass is 10.0. The average Bonchev–Trinajstić information content (AvgIpc) is 2.76. The molecule has 0 saturated carbocycles. The Kier molecular flexibility index (Phi) is 3.96. The van der Waals surface area contributed by atoms with Gasteiger partial charge in [-0.15, -0.1) is 0 Å². The van der Waals surface area contributed by atoms with E-state index in [0.717, 1.165) is 12.8 Å². The number of ketones is 1. The van der Waals surface area contributed by atoms with Gasteiger partial charge in [-0.1, -0.05) is 19.1 Å². The van der Waals surface area contributed by atoms with Crippen LogP contribution in [0.4, 0.5) is 4.39 Å². The van der Waals surface area contributed by atoms with Crippen molar-refractivity contribution >= 4 is 5.78 Å². The quantitative estimate of drug-likeness (QED) is 0.796. The summed E-state index contributed by atoms with van der Waals surface area (Å²) in [5, 5.41) is 4.51. The normalized spacial score (nSPS) is 16.3. The van der Waals surface area contributed by atoms with Crippen molar-refractivity contribution in [2.45, 2.75) is 52.2 Å². The monoisotopic (exact) mass is 316 g/mol. The zero-order chi connectivity index (χ0) is 16.6. The number of aryl methyl sites for hydroxylation is 1. The first kappa shape index (κ1) is 15.7. The van der Waals surface area contributed by atoms with Crippen LogP contribution >= 0.6 is 0 Å². The lowest BCUT2D eigenvalue weighted by Gasteiger charge is -2.24. The maximum Gasteiger partial charge on any atom is 0.224 e. The number of rotatable bonds is 3. The van der Waals surface area contributed by atoms with Crippen LogP contribution in [0.3, 0.4) is 0 Å². The fourth-order valence-electron chi connectivity index (χ4n) is 2.94. The number of nitrogens with zero attached hydrogens (tertiary/aromatic N) is 2. The maximum absolute atomic E-state index is 14.2. The van der Waals surface area contributed by atoms with Crippen LogP contribution in [-0.4, -0.2) is 21.2 Å². The number of benzene rings is 1. The Bertz CT molecular complexity index is 749. The van der Waals surface area contributed by atoms with Gasteiger partial charge in [0.25, 0.3) is 0 Å². The van der Waals surface area contributed by atoms with Crippen LogP contribution in [-0.2, 0) is 6.54 Å². The molecule has 3 rings (SSSR count). The number of ether oxygens (including phenoxy) is 1. The summed E-state index contributed by atoms with van der Waals surface area (Å²) >= 11 is 0. The van der Waals surface area contributed by atoms with Crippen molar-refractivity contribution in [3.63, 3.8) is 0 Å². The molecule has 122 valence electrons. The van der Waals surface area contributed by atoms with Crippen molar-refractivity contribution in [2.75, 3.05) is 0 Å². The van der Waals surface area contributed by atoms with E-state index in [-0.39, 0.29) is 17.2 Å². The molecule has 0 saturated heterocycles. The molecule has 0 bridgehead atoms. The van der Waals surface area contributed by atoms with E-state index in [1.807, 2.05) is 13.8 Å². The summed E-state index contributed by atoms with van der Waals surface area (Å²) in [4.78, 5) is 12.5. The van der Waals surface area contributed by atoms with Gasteiger partial charge in [-0.3, -0.25) is 4.79 Å². The second kappa shape index (κ2) is 5.80. The SMILES string of the molecule is CCC(=O)c1c(-c2ccccc2F)nn2c1OC(C)(C)CCC2. The molecule has 1 aromatic carbocycles. The molecule has 0 fully saturated rings. The Morgan fingerprint density at radius 1 is 1.39 bits per heavy atom. The number of aromatic nitrogens is 2. The summed E-state index contributed by atoms with van der Waals surface area (Å²) < 4.78 is 22.0. The van der Waals surface area contributed by atoms with Gasteiger partial charge in [0.15, 0.2) is 5.78 Å². The third-order valence-electron chi connectivity index (χ3n) is 4.16. The zero-order valence-corrected chi connectivity index (χ0v) is 13.7. The Labute approximate surface area is 135 Å². The predicted octanol–water partition coefficient (Wildman–Crippen LogP) is 4.23. The third kappa shape index (κ3) is 2.87. The van der Waals surface area contributed by atoms with Crippen LogP contribution in [0.25, 0.3) is 11.3 Å². The van der Waals surface area contributed by atoms with Gasteiger partial charge in [0.2, 0.25) is 5.88 Å². The summed E-state index contributed by atoms with van der Waals surface area (Å²) in [6.07, 6.45) is 2.10. The smallest absolute Gasteiger partial charge is 0.224 e. The van der Waals surface area contributed by atoms with Gasteiger partial charge in [0, 0.05) is 18.5 Å². The minimum Gasteiger partial charge on any atom is -0.471 e. The summed E-state index contributed by atoms with van der Waals surface area (Å²) in [6, 6.07) is 6.40. The maximum atomic E-state index is 14.2. The van der Waals surface area contributed by atoms with Crippen LogP contribution in [0.5, 0.6) is 5.88 Å². The van der Waals surface area contributed by atoms with Crippen LogP contribution < -0.4 is 4.74 Å². The lowest BCUT2D eigenvalue weighted by Crippen LogP contribution is -2.27. The molecular weight excluding hydrogens is 295 g/mol. The van der Waals surface area contributed by atoms with Gasteiger partial charge in [0.05, 0.1) is 0 Å². The number of hydrogen-bond donors (Lipinski definition) is 0. The van der Waals surface area contributed by atoms with Crippen LogP contribution in [0.2, 0.25) is 0 Å². The first-order valence-corrected chi connectivity index (χ1v) is 8.01. The number of halogens is 1. The molecule has 0 aliphatic carbocycles. The second-order valence-corrected chi connectivity index (χ2v) is 6.47. The molecule has 2 aromatic rings. The fraction of sp³-hybridized carbons (Fsp3) is 0.444. The first-order chi connectivity index (χ1) is 10.9. The van der Waals surface area contributed by atoms with Crippen LogP contribution in [0.15, 0.2) is 24.3 Å². The van der Waals surface area contributed by atoms with Gasteiger partial charge in [0.1, 0.15) is 22.7 Å². The van der Waals surface area contributed by atoms with Crippen LogP contribution in [0, 0.1) is 5.82 Å². The largest absolute Gasteiger partial charge is 0.471 e. The summed E-state index contributed by atoms with van der Waals surface area (Å²) in [7, 11) is 0. The predicted molar refractivity (Wildman–Crippen MR) is 86.2 cm³/mol. The van der Waals surface area contributed by atoms with Gasteiger partial charge in [-0.2, -0.15) is 5.10 Å². The van der Waals surface area contributed by atoms with E-state index in [1.54, 1.807) is 29.8 Å². The van der Waals surface area contributed by atoms with E-state index in [0.29, 0.717) is 35.7 Å². The molecule has 0 radical (unpaired) electrons. The van der Waals surface area contributed by atoms with Gasteiger partial charge >= 0.3 is 0 Å². The van der Waals surface area contributed by atoms with Crippen molar-refractivity contribution in [2.24, 2.45) is 0 Å². The highest BCUT2D eigenvalue weighted by molar-refractivity contribution is 6.03. The molecule has 0 atom stereocenters. The minimum absolute atomic E-state index is 0.0813. The van der Waals surface area contributed by atoms with E-state index in [9.17, 15) is 9.18 Å². The molecule has 1 aromatic heterocycles. The zero-order valence-electron chi connectivity index (χ0n) is 13.7. The highest BCUT2D eigenvalue weighted by Gasteiger charge is 2.32. The molecule has 1 aliphatic rings. The third-order valence-corrected chi connectivity index (χ3v) is 4.16. The summed E-state index contributed by atoms with van der Waals surface area (Å²) in [5.41, 5.74) is 0.741. The van der Waals surface area contributed by atoms with E-state index in [1.165, 1.54) is 6.07 Å². The van der Waals surface area contributed by atoms with Crippen molar-refractivity contribution in [1.82, 2.24) is 9.78 Å². The van der Waals surface area contributed by atoms with E-state index < -0.39 is 0 Å². The summed E-state index contributed by atoms with van der Waals surface area (Å²) in [5.74, 6) is 0.00461. The van der Waals surface area contributed by atoms with Crippen LogP contribution in [0.1, 0.15) is 50.4 Å². The molecule has 5 heteroatoms. The van der Waals surface area contributed by atoms with Crippen molar-refractivity contribution in [3.05, 3.63) is 35.6 Å². The molecule has 2 heterocycles. The molecule has 1 aliphatic heterocycles. The molecule has 0 N–H and O–H groups in total. The van der Waals surface area contributed by atoms with Gasteiger partial charge in [-0.25, -0.2) is 9.07 Å². The summed E-state index contributed by atoms with van der Waals surface area (Å²) in [6.45, 7) is 6.45. The molecular formula is C18H21FN2O2. The second-order valence-electron chi connectivity index (χ2n) is 6.47. The average molecular weight is 316 g/mol. The number of Topliss-reactive ketones (excluding diaryl/α,β-unsaturated/α-hetero) is 1. The molecule has 0 spiro atoms. The number of hydrogen-bond acceptors (Lipinski definition) is 3. The Morgan fingerprint density at radius 2 is 2.13 bits per heavy atom.